The molecule has 3 aromatic rings. The zero-order valence-electron chi connectivity index (χ0n) is 25.2. The van der Waals surface area contributed by atoms with E-state index in [0.29, 0.717) is 0 Å². The van der Waals surface area contributed by atoms with Crippen LogP contribution in [-0.4, -0.2) is 137 Å². The zero-order valence-corrected chi connectivity index (χ0v) is 25.2. The molecular weight excluding hydrogens is 680 g/mol. The van der Waals surface area contributed by atoms with Gasteiger partial charge in [-0.05, 0) is 24.3 Å². The standard InChI is InChI=1S/C30H30O20/c31-10-3-1-9(2-4-10)25-26(19(37)17-12(33)5-11(32)6-13(17)46-25)49-29-23(41)20(38)18(36)14(47-29)8-45-15(34)7-16(35)48-30-24(42)21(39)22(40)27(50-30)28(43)44/h1-6,14,18,20-24,27,29-33,36,38-42H,7-8H2,(H,43,44). The van der Waals surface area contributed by atoms with E-state index >= 15 is 0 Å². The Morgan fingerprint density at radius 2 is 1.38 bits per heavy atom. The summed E-state index contributed by atoms with van der Waals surface area (Å²) in [4.78, 5) is 49.5. The molecule has 10 atom stereocenters. The molecule has 5 rings (SSSR count). The Morgan fingerprint density at radius 3 is 2.04 bits per heavy atom. The summed E-state index contributed by atoms with van der Waals surface area (Å²) in [5.74, 6) is -6.88. The van der Waals surface area contributed by atoms with Crippen LogP contribution >= 0.6 is 0 Å². The van der Waals surface area contributed by atoms with Crippen molar-refractivity contribution in [3.8, 4) is 34.3 Å². The van der Waals surface area contributed by atoms with Gasteiger partial charge in [0.15, 0.2) is 11.9 Å². The van der Waals surface area contributed by atoms with Crippen molar-refractivity contribution in [3.63, 3.8) is 0 Å². The van der Waals surface area contributed by atoms with Gasteiger partial charge in [0.05, 0.1) is 0 Å². The lowest BCUT2D eigenvalue weighted by Crippen LogP contribution is -2.60. The molecule has 3 heterocycles. The number of benzene rings is 2. The van der Waals surface area contributed by atoms with E-state index in [2.05, 4.69) is 0 Å². The number of aliphatic carboxylic acids is 1. The maximum absolute atomic E-state index is 13.6. The van der Waals surface area contributed by atoms with Gasteiger partial charge in [0.25, 0.3) is 0 Å². The minimum Gasteiger partial charge on any atom is -0.508 e. The van der Waals surface area contributed by atoms with Crippen LogP contribution in [-0.2, 0) is 33.3 Å². The van der Waals surface area contributed by atoms with Gasteiger partial charge in [-0.15, -0.1) is 0 Å². The molecule has 0 amide bonds. The highest BCUT2D eigenvalue weighted by Gasteiger charge is 2.49. The highest BCUT2D eigenvalue weighted by Crippen LogP contribution is 2.37. The first-order chi connectivity index (χ1) is 23.6. The molecule has 0 bridgehead atoms. The van der Waals surface area contributed by atoms with Crippen molar-refractivity contribution in [2.75, 3.05) is 6.61 Å². The van der Waals surface area contributed by atoms with E-state index in [1.165, 1.54) is 24.3 Å². The van der Waals surface area contributed by atoms with E-state index in [-0.39, 0.29) is 22.7 Å². The number of rotatable bonds is 9. The predicted octanol–water partition coefficient (Wildman–Crippen LogP) is -2.87. The van der Waals surface area contributed by atoms with Crippen LogP contribution in [0.4, 0.5) is 0 Å². The van der Waals surface area contributed by atoms with Gasteiger partial charge in [0.2, 0.25) is 23.8 Å². The minimum atomic E-state index is -2.10. The summed E-state index contributed by atoms with van der Waals surface area (Å²) >= 11 is 0. The summed E-state index contributed by atoms with van der Waals surface area (Å²) in [6.45, 7) is -0.900. The van der Waals surface area contributed by atoms with Crippen LogP contribution < -0.4 is 10.2 Å². The molecule has 2 fully saturated rings. The van der Waals surface area contributed by atoms with E-state index in [1.54, 1.807) is 0 Å². The van der Waals surface area contributed by atoms with E-state index in [9.17, 15) is 65.1 Å². The number of fused-ring (bicyclic) bond motifs is 1. The van der Waals surface area contributed by atoms with Gasteiger partial charge >= 0.3 is 17.9 Å². The summed E-state index contributed by atoms with van der Waals surface area (Å²) in [6, 6.07) is 6.98. The van der Waals surface area contributed by atoms with Crippen LogP contribution in [0, 0.1) is 0 Å². The SMILES string of the molecule is O=C(CC(=O)OC1OC(C(=O)O)C(O)C(O)C1O)OCC1OC(Oc2c(-c3ccc(O)cc3)oc3cc(O)cc(O)c3c2=O)C(O)C(O)C1O. The molecule has 0 saturated carbocycles. The normalized spacial score (nSPS) is 29.6. The van der Waals surface area contributed by atoms with Gasteiger partial charge in [0.1, 0.15) is 84.0 Å². The van der Waals surface area contributed by atoms with E-state index in [1.807, 2.05) is 0 Å². The number of hydrogen-bond donors (Lipinski definition) is 10. The summed E-state index contributed by atoms with van der Waals surface area (Å²) in [5.41, 5.74) is -1.20. The summed E-state index contributed by atoms with van der Waals surface area (Å²) < 4.78 is 31.3. The second-order valence-corrected chi connectivity index (χ2v) is 11.2. The Bertz CT molecular complexity index is 1800. The fourth-order valence-corrected chi connectivity index (χ4v) is 5.11. The topological polar surface area (TPSA) is 330 Å². The summed E-state index contributed by atoms with van der Waals surface area (Å²) in [5, 5.41) is 99.9. The number of carboxylic acids is 1. The molecule has 1 aromatic heterocycles. The van der Waals surface area contributed by atoms with Crippen LogP contribution in [0.1, 0.15) is 6.42 Å². The van der Waals surface area contributed by atoms with Crippen molar-refractivity contribution >= 4 is 28.9 Å². The number of aliphatic hydroxyl groups is 6. The highest BCUT2D eigenvalue weighted by atomic mass is 16.7. The van der Waals surface area contributed by atoms with E-state index < -0.39 is 120 Å². The van der Waals surface area contributed by atoms with Gasteiger partial charge in [-0.1, -0.05) is 0 Å². The molecule has 2 aromatic carbocycles. The third kappa shape index (κ3) is 7.27. The van der Waals surface area contributed by atoms with Gasteiger partial charge in [-0.2, -0.15) is 0 Å². The van der Waals surface area contributed by atoms with Crippen molar-refractivity contribution in [1.82, 2.24) is 0 Å². The molecule has 20 nitrogen and oxygen atoms in total. The molecule has 0 radical (unpaired) electrons. The number of esters is 2. The lowest BCUT2D eigenvalue weighted by atomic mass is 9.99. The van der Waals surface area contributed by atoms with Gasteiger partial charge in [-0.25, -0.2) is 4.79 Å². The fourth-order valence-electron chi connectivity index (χ4n) is 5.11. The molecule has 50 heavy (non-hydrogen) atoms. The molecule has 10 unspecified atom stereocenters. The molecule has 2 saturated heterocycles. The fraction of sp³-hybridized carbons (Fsp3) is 0.400. The van der Waals surface area contributed by atoms with Crippen LogP contribution in [0.15, 0.2) is 45.6 Å². The number of hydrogen-bond acceptors (Lipinski definition) is 19. The zero-order chi connectivity index (χ0) is 36.6. The van der Waals surface area contributed by atoms with Crippen LogP contribution in [0.2, 0.25) is 0 Å². The second-order valence-electron chi connectivity index (χ2n) is 11.2. The number of carboxylic acid groups (broad SMARTS) is 1. The first-order valence-corrected chi connectivity index (χ1v) is 14.5. The average Bonchev–Trinajstić information content (AvgIpc) is 3.05. The minimum absolute atomic E-state index is 0.123. The number of ether oxygens (including phenoxy) is 5. The third-order valence-corrected chi connectivity index (χ3v) is 7.71. The van der Waals surface area contributed by atoms with Crippen molar-refractivity contribution in [2.45, 2.75) is 67.8 Å². The lowest BCUT2D eigenvalue weighted by Gasteiger charge is -2.39. The molecule has 20 heteroatoms. The molecular formula is C30H30O20. The summed E-state index contributed by atoms with van der Waals surface area (Å²) in [7, 11) is 0. The van der Waals surface area contributed by atoms with Gasteiger partial charge in [-0.3, -0.25) is 14.4 Å². The van der Waals surface area contributed by atoms with Crippen LogP contribution in [0.3, 0.4) is 0 Å². The van der Waals surface area contributed by atoms with E-state index in [4.69, 9.17) is 33.2 Å². The maximum atomic E-state index is 13.6. The smallest absolute Gasteiger partial charge is 0.335 e. The van der Waals surface area contributed by atoms with Crippen molar-refractivity contribution in [2.24, 2.45) is 0 Å². The maximum Gasteiger partial charge on any atom is 0.335 e. The monoisotopic (exact) mass is 710 g/mol. The highest BCUT2D eigenvalue weighted by molar-refractivity contribution is 5.91. The van der Waals surface area contributed by atoms with E-state index in [0.717, 1.165) is 12.1 Å². The third-order valence-electron chi connectivity index (χ3n) is 7.71. The van der Waals surface area contributed by atoms with Crippen molar-refractivity contribution in [3.05, 3.63) is 46.6 Å². The molecule has 10 N–H and O–H groups in total. The number of carbonyl (C=O) groups excluding carboxylic acids is 2. The summed E-state index contributed by atoms with van der Waals surface area (Å²) in [6.07, 6.45) is -21.3. The quantitative estimate of drug-likeness (QED) is 0.0788. The number of carbonyl (C=O) groups is 3. The molecule has 270 valence electrons. The van der Waals surface area contributed by atoms with Crippen molar-refractivity contribution in [1.29, 1.82) is 0 Å². The second kappa shape index (κ2) is 14.4. The first-order valence-electron chi connectivity index (χ1n) is 14.5. The molecule has 2 aliphatic heterocycles. The molecule has 0 spiro atoms. The lowest BCUT2D eigenvalue weighted by molar-refractivity contribution is -0.286. The van der Waals surface area contributed by atoms with Gasteiger partial charge < -0.3 is 79.2 Å². The predicted molar refractivity (Wildman–Crippen MR) is 156 cm³/mol. The Kier molecular flexibility index (Phi) is 10.5. The number of phenols is 3. The number of aliphatic hydroxyl groups excluding tert-OH is 6. The van der Waals surface area contributed by atoms with Crippen molar-refractivity contribution < 1.29 is 93.6 Å². The van der Waals surface area contributed by atoms with Crippen LogP contribution in [0.25, 0.3) is 22.3 Å². The Morgan fingerprint density at radius 1 is 0.740 bits per heavy atom. The molecule has 0 aliphatic carbocycles. The Labute approximate surface area is 278 Å². The Hall–Kier alpha value is -5.06. The largest absolute Gasteiger partial charge is 0.508 e. The molecule has 2 aliphatic rings. The Balaban J connectivity index is 1.30. The van der Waals surface area contributed by atoms with Crippen LogP contribution in [0.5, 0.6) is 23.0 Å². The average molecular weight is 711 g/mol. The van der Waals surface area contributed by atoms with Gasteiger partial charge in [0, 0.05) is 17.7 Å². The first kappa shape index (κ1) is 36.2. The number of aromatic hydroxyl groups is 3. The number of phenolic OH excluding ortho intramolecular Hbond substituents is 3.